The van der Waals surface area contributed by atoms with Crippen molar-refractivity contribution in [2.24, 2.45) is 0 Å². The molecule has 6 nitrogen and oxygen atoms in total. The van der Waals surface area contributed by atoms with Crippen molar-refractivity contribution in [2.75, 3.05) is 0 Å². The lowest BCUT2D eigenvalue weighted by atomic mass is 10.1. The fraction of sp³-hybridized carbons (Fsp3) is 0. The number of allylic oxidation sites excluding steroid dienone is 4. The minimum absolute atomic E-state index is 0.120. The van der Waals surface area contributed by atoms with Gasteiger partial charge in [0.05, 0.1) is 25.3 Å². The largest absolute Gasteiger partial charge is 0.289 e. The topological polar surface area (TPSA) is 90.4 Å². The molecular formula is C36H12N4O2S4. The third-order valence-corrected chi connectivity index (χ3v) is 12.7. The molecule has 0 unspecified atom stereocenters. The van der Waals surface area contributed by atoms with Gasteiger partial charge >= 0.3 is 0 Å². The van der Waals surface area contributed by atoms with Gasteiger partial charge in [-0.25, -0.2) is 20.2 Å². The van der Waals surface area contributed by atoms with Gasteiger partial charge in [-0.3, -0.25) is 9.59 Å². The zero-order valence-electron chi connectivity index (χ0n) is 23.2. The van der Waals surface area contributed by atoms with Gasteiger partial charge in [0.1, 0.15) is 0 Å². The summed E-state index contributed by atoms with van der Waals surface area (Å²) in [6.45, 7) is 15.3. The van der Waals surface area contributed by atoms with Gasteiger partial charge in [0.2, 0.25) is 0 Å². The molecule has 0 N–H and O–H groups in total. The molecule has 2 aliphatic rings. The number of thiophene rings is 4. The zero-order valence-corrected chi connectivity index (χ0v) is 26.4. The Balaban J connectivity index is 1.38. The number of benzene rings is 2. The fourth-order valence-electron chi connectivity index (χ4n) is 6.00. The van der Waals surface area contributed by atoms with E-state index in [1.54, 1.807) is 0 Å². The summed E-state index contributed by atoms with van der Waals surface area (Å²) < 4.78 is 4.82. The van der Waals surface area contributed by atoms with Crippen LogP contribution in [-0.4, -0.2) is 11.6 Å². The summed E-state index contributed by atoms with van der Waals surface area (Å²) in [5.74, 6) is -0.412. The summed E-state index contributed by atoms with van der Waals surface area (Å²) >= 11 is 5.57. The van der Waals surface area contributed by atoms with E-state index in [-0.39, 0.29) is 23.0 Å². The van der Waals surface area contributed by atoms with Gasteiger partial charge in [0.25, 0.3) is 11.4 Å². The summed E-state index contributed by atoms with van der Waals surface area (Å²) in [5.41, 5.74) is 2.27. The number of nitriles is 2. The van der Waals surface area contributed by atoms with Crippen LogP contribution >= 0.6 is 45.3 Å². The molecule has 0 amide bonds. The van der Waals surface area contributed by atoms with Crippen LogP contribution in [0.4, 0.5) is 0 Å². The predicted molar refractivity (Wildman–Crippen MR) is 183 cm³/mol. The van der Waals surface area contributed by atoms with E-state index in [2.05, 4.69) is 9.69 Å². The van der Waals surface area contributed by atoms with Crippen LogP contribution in [-0.2, 0) is 0 Å². The lowest BCUT2D eigenvalue weighted by Crippen LogP contribution is -2.06. The first-order valence-electron chi connectivity index (χ1n) is 13.6. The molecule has 10 heteroatoms. The van der Waals surface area contributed by atoms with Crippen LogP contribution in [0.15, 0.2) is 84.2 Å². The SMILES string of the molecule is [C-]#[N+]/C(C#N)=C1/C(=c2\cc/c(=c3/cc/c(=C4/C(=O)c5c(sc6ccccc56)/C4=C(\C#N)[N+]#[C-])s3)s2)C(=O)c2c1sc1ccccc21. The van der Waals surface area contributed by atoms with Crippen molar-refractivity contribution in [1.29, 1.82) is 10.5 Å². The maximum Gasteiger partial charge on any atom is 0.271 e. The first-order chi connectivity index (χ1) is 22.5. The Bertz CT molecular complexity index is 2670. The lowest BCUT2D eigenvalue weighted by Gasteiger charge is -2.00. The third-order valence-electron chi connectivity index (χ3n) is 7.91. The second kappa shape index (κ2) is 10.4. The molecule has 0 atom stereocenters. The van der Waals surface area contributed by atoms with Gasteiger partial charge in [-0.1, -0.05) is 36.4 Å². The molecule has 0 radical (unpaired) electrons. The van der Waals surface area contributed by atoms with Gasteiger partial charge < -0.3 is 0 Å². The lowest BCUT2D eigenvalue weighted by molar-refractivity contribution is 0.105. The Morgan fingerprint density at radius 2 is 0.957 bits per heavy atom. The highest BCUT2D eigenvalue weighted by molar-refractivity contribution is 7.22. The highest BCUT2D eigenvalue weighted by Crippen LogP contribution is 2.49. The van der Waals surface area contributed by atoms with Crippen molar-refractivity contribution >= 4 is 99.4 Å². The molecule has 46 heavy (non-hydrogen) atoms. The molecule has 2 aliphatic carbocycles. The summed E-state index contributed by atoms with van der Waals surface area (Å²) in [4.78, 5) is 36.1. The van der Waals surface area contributed by atoms with Crippen molar-refractivity contribution in [1.82, 2.24) is 0 Å². The Labute approximate surface area is 276 Å². The Hall–Kier alpha value is -5.72. The van der Waals surface area contributed by atoms with Crippen LogP contribution in [0.3, 0.4) is 0 Å². The molecule has 0 saturated heterocycles. The molecule has 0 aliphatic heterocycles. The summed E-state index contributed by atoms with van der Waals surface area (Å²) in [6.07, 6.45) is 0. The van der Waals surface area contributed by atoms with E-state index in [0.29, 0.717) is 52.2 Å². The smallest absolute Gasteiger partial charge is 0.271 e. The van der Waals surface area contributed by atoms with E-state index in [9.17, 15) is 20.1 Å². The molecule has 8 rings (SSSR count). The molecule has 0 saturated carbocycles. The van der Waals surface area contributed by atoms with Crippen molar-refractivity contribution in [2.45, 2.75) is 0 Å². The van der Waals surface area contributed by atoms with Crippen molar-refractivity contribution in [3.8, 4) is 12.1 Å². The number of hydrogen-bond acceptors (Lipinski definition) is 8. The predicted octanol–water partition coefficient (Wildman–Crippen LogP) is 7.93. The maximum absolute atomic E-state index is 13.9. The van der Waals surface area contributed by atoms with Crippen molar-refractivity contribution in [3.05, 3.63) is 146 Å². The molecule has 0 bridgehead atoms. The number of Topliss-reactive ketones (excluding diaryl/α,β-unsaturated/α-hetero) is 2. The second-order valence-corrected chi connectivity index (χ2v) is 14.5. The minimum atomic E-state index is -0.206. The molecule has 4 heterocycles. The Morgan fingerprint density at radius 3 is 1.35 bits per heavy atom. The molecule has 212 valence electrons. The van der Waals surface area contributed by atoms with E-state index in [1.807, 2.05) is 84.9 Å². The van der Waals surface area contributed by atoms with Gasteiger partial charge in [-0.2, -0.15) is 0 Å². The van der Waals surface area contributed by atoms with Gasteiger partial charge in [0, 0.05) is 81.5 Å². The maximum atomic E-state index is 13.9. The molecule has 0 spiro atoms. The van der Waals surface area contributed by atoms with Crippen LogP contribution in [0, 0.1) is 44.9 Å². The first kappa shape index (κ1) is 27.8. The van der Waals surface area contributed by atoms with E-state index in [1.165, 1.54) is 45.3 Å². The molecule has 0 fully saturated rings. The molecule has 4 aromatic heterocycles. The van der Waals surface area contributed by atoms with E-state index < -0.39 is 0 Å². The van der Waals surface area contributed by atoms with Crippen LogP contribution in [0.25, 0.3) is 52.2 Å². The highest BCUT2D eigenvalue weighted by Gasteiger charge is 2.38. The minimum Gasteiger partial charge on any atom is -0.289 e. The normalized spacial score (nSPS) is 19.0. The first-order valence-corrected chi connectivity index (χ1v) is 16.9. The van der Waals surface area contributed by atoms with E-state index >= 15 is 0 Å². The standard InChI is InChI=1S/C36H12N4O2S4/c1-39-19(15-37)29-31(33(41)27-17-7-3-5-9-21(17)45-35(27)29)25-13-11-23(43-25)24-12-14-26(44-24)32-30(20(16-38)40-2)36-28(34(32)42)18-8-4-6-10-22(18)46-36/h3-14H/b24-23+,29-19-,30-20+,31-25-,32-26-. The number of carbonyl (C=O) groups excluding carboxylic acids is 2. The summed E-state index contributed by atoms with van der Waals surface area (Å²) in [7, 11) is 0. The molecule has 2 aromatic carbocycles. The van der Waals surface area contributed by atoms with Crippen molar-refractivity contribution < 1.29 is 9.59 Å². The van der Waals surface area contributed by atoms with E-state index in [4.69, 9.17) is 13.1 Å². The zero-order chi connectivity index (χ0) is 31.7. The third kappa shape index (κ3) is 3.80. The second-order valence-electron chi connectivity index (χ2n) is 10.2. The molecular weight excluding hydrogens is 649 g/mol. The number of hydrogen-bond donors (Lipinski definition) is 0. The number of ketones is 2. The van der Waals surface area contributed by atoms with Crippen molar-refractivity contribution in [3.63, 3.8) is 0 Å². The van der Waals surface area contributed by atoms with Crippen LogP contribution in [0.5, 0.6) is 0 Å². The van der Waals surface area contributed by atoms with Crippen LogP contribution in [0.1, 0.15) is 30.5 Å². The van der Waals surface area contributed by atoms with Gasteiger partial charge in [0.15, 0.2) is 11.6 Å². The van der Waals surface area contributed by atoms with Gasteiger partial charge in [-0.05, 0) is 36.4 Å². The quantitative estimate of drug-likeness (QED) is 0.122. The summed E-state index contributed by atoms with van der Waals surface area (Å²) in [6, 6.07) is 26.6. The Kier molecular flexibility index (Phi) is 6.31. The fourth-order valence-corrected chi connectivity index (χ4v) is 10.7. The number of fused-ring (bicyclic) bond motifs is 6. The average Bonchev–Trinajstić information content (AvgIpc) is 3.91. The van der Waals surface area contributed by atoms with Crippen LogP contribution in [0.2, 0.25) is 0 Å². The number of carbonyl (C=O) groups is 2. The van der Waals surface area contributed by atoms with Crippen LogP contribution < -0.4 is 9.06 Å². The Morgan fingerprint density at radius 1 is 0.565 bits per heavy atom. The molecule has 6 aromatic rings. The monoisotopic (exact) mass is 660 g/mol. The summed E-state index contributed by atoms with van der Waals surface area (Å²) in [5, 5.41) is 21.3. The number of nitrogens with zero attached hydrogens (tertiary/aromatic N) is 4. The average molecular weight is 661 g/mol. The van der Waals surface area contributed by atoms with Gasteiger partial charge in [-0.15, -0.1) is 45.3 Å². The number of rotatable bonds is 0. The highest BCUT2D eigenvalue weighted by atomic mass is 32.1. The van der Waals surface area contributed by atoms with E-state index in [0.717, 1.165) is 29.2 Å².